The summed E-state index contributed by atoms with van der Waals surface area (Å²) in [7, 11) is 0. The molecule has 1 aromatic heterocycles. The zero-order valence-electron chi connectivity index (χ0n) is 11.6. The molecule has 0 saturated carbocycles. The van der Waals surface area contributed by atoms with Gasteiger partial charge in [-0.1, -0.05) is 0 Å². The Labute approximate surface area is 112 Å². The summed E-state index contributed by atoms with van der Waals surface area (Å²) in [5.74, 6) is 0. The third kappa shape index (κ3) is 3.78. The van der Waals surface area contributed by atoms with Gasteiger partial charge in [0.1, 0.15) is 0 Å². The van der Waals surface area contributed by atoms with Crippen LogP contribution in [0.5, 0.6) is 0 Å². The highest BCUT2D eigenvalue weighted by Gasteiger charge is 2.31. The summed E-state index contributed by atoms with van der Waals surface area (Å²) < 4.78 is 7.33. The van der Waals surface area contributed by atoms with Crippen LogP contribution in [0.2, 0.25) is 0 Å². The van der Waals surface area contributed by atoms with Crippen LogP contribution in [-0.4, -0.2) is 34.6 Å². The molecule has 0 radical (unpaired) electrons. The second-order valence-electron chi connectivity index (χ2n) is 5.52. The Morgan fingerprint density at radius 2 is 2.42 bits per heavy atom. The first kappa shape index (κ1) is 14.0. The van der Waals surface area contributed by atoms with Crippen LogP contribution in [-0.2, 0) is 11.3 Å². The van der Waals surface area contributed by atoms with Gasteiger partial charge in [-0.25, -0.2) is 4.68 Å². The van der Waals surface area contributed by atoms with Gasteiger partial charge in [0, 0.05) is 19.2 Å². The highest BCUT2D eigenvalue weighted by Crippen LogP contribution is 2.29. The van der Waals surface area contributed by atoms with Crippen molar-refractivity contribution in [2.75, 3.05) is 18.4 Å². The number of nitrogens with one attached hydrogen (secondary N) is 1. The van der Waals surface area contributed by atoms with Gasteiger partial charge in [0.2, 0.25) is 0 Å². The fourth-order valence-corrected chi connectivity index (χ4v) is 2.28. The predicted molar refractivity (Wildman–Crippen MR) is 74.2 cm³/mol. The lowest BCUT2D eigenvalue weighted by Crippen LogP contribution is -2.30. The predicted octanol–water partition coefficient (Wildman–Crippen LogP) is 0.571. The van der Waals surface area contributed by atoms with E-state index >= 15 is 0 Å². The highest BCUT2D eigenvalue weighted by molar-refractivity contribution is 5.38. The van der Waals surface area contributed by atoms with E-state index in [0.717, 1.165) is 12.8 Å². The highest BCUT2D eigenvalue weighted by atomic mass is 16.5. The molecule has 1 aliphatic heterocycles. The summed E-state index contributed by atoms with van der Waals surface area (Å²) in [6, 6.07) is 1.54. The van der Waals surface area contributed by atoms with Gasteiger partial charge in [-0.05, 0) is 26.7 Å². The van der Waals surface area contributed by atoms with E-state index in [2.05, 4.69) is 24.3 Å². The van der Waals surface area contributed by atoms with Gasteiger partial charge in [-0.3, -0.25) is 4.79 Å². The smallest absolute Gasteiger partial charge is 0.268 e. The standard InChI is InChI=1S/C13H22N4O2/c1-13(2)4-3-11(19-13)9-17-12(18)7-10(8-16-17)15-6-5-14/h7-8,11,15H,3-6,9,14H2,1-2H3. The first-order valence-electron chi connectivity index (χ1n) is 6.69. The summed E-state index contributed by atoms with van der Waals surface area (Å²) >= 11 is 0. The molecule has 19 heavy (non-hydrogen) atoms. The molecule has 106 valence electrons. The zero-order chi connectivity index (χ0) is 13.9. The second kappa shape index (κ2) is 5.71. The lowest BCUT2D eigenvalue weighted by molar-refractivity contribution is -0.0235. The van der Waals surface area contributed by atoms with Crippen molar-refractivity contribution in [1.82, 2.24) is 9.78 Å². The van der Waals surface area contributed by atoms with E-state index in [-0.39, 0.29) is 17.3 Å². The molecule has 0 aromatic carbocycles. The van der Waals surface area contributed by atoms with Crippen LogP contribution in [0, 0.1) is 0 Å². The molecular formula is C13H22N4O2. The van der Waals surface area contributed by atoms with E-state index in [1.54, 1.807) is 12.3 Å². The fourth-order valence-electron chi connectivity index (χ4n) is 2.28. The van der Waals surface area contributed by atoms with Crippen LogP contribution in [0.3, 0.4) is 0 Å². The molecule has 1 atom stereocenters. The van der Waals surface area contributed by atoms with Crippen molar-refractivity contribution in [1.29, 1.82) is 0 Å². The SMILES string of the molecule is CC1(C)CCC(Cn2ncc(NCCN)cc2=O)O1. The molecule has 2 rings (SSSR count). The number of nitrogens with two attached hydrogens (primary N) is 1. The third-order valence-corrected chi connectivity index (χ3v) is 3.27. The van der Waals surface area contributed by atoms with Gasteiger partial charge < -0.3 is 15.8 Å². The molecule has 0 spiro atoms. The van der Waals surface area contributed by atoms with Gasteiger partial charge in [0.05, 0.1) is 30.1 Å². The average Bonchev–Trinajstić information content (AvgIpc) is 2.69. The van der Waals surface area contributed by atoms with Gasteiger partial charge in [-0.2, -0.15) is 5.10 Å². The Morgan fingerprint density at radius 3 is 3.00 bits per heavy atom. The molecule has 3 N–H and O–H groups in total. The molecular weight excluding hydrogens is 244 g/mol. The van der Waals surface area contributed by atoms with Crippen LogP contribution < -0.4 is 16.6 Å². The number of hydrogen-bond donors (Lipinski definition) is 2. The summed E-state index contributed by atoms with van der Waals surface area (Å²) in [4.78, 5) is 11.9. The molecule has 1 aliphatic rings. The number of rotatable bonds is 5. The van der Waals surface area contributed by atoms with Crippen molar-refractivity contribution in [2.45, 2.75) is 44.9 Å². The molecule has 1 fully saturated rings. The van der Waals surface area contributed by atoms with E-state index in [1.807, 2.05) is 0 Å². The summed E-state index contributed by atoms with van der Waals surface area (Å²) in [5.41, 5.74) is 5.90. The summed E-state index contributed by atoms with van der Waals surface area (Å²) in [6.07, 6.45) is 3.71. The Hall–Kier alpha value is -1.40. The number of anilines is 1. The molecule has 0 amide bonds. The fraction of sp³-hybridized carbons (Fsp3) is 0.692. The molecule has 6 heteroatoms. The minimum atomic E-state index is -0.115. The van der Waals surface area contributed by atoms with Crippen LogP contribution in [0.1, 0.15) is 26.7 Å². The number of hydrogen-bond acceptors (Lipinski definition) is 5. The first-order valence-corrected chi connectivity index (χ1v) is 6.69. The summed E-state index contributed by atoms with van der Waals surface area (Å²) in [5, 5.41) is 7.20. The molecule has 2 heterocycles. The molecule has 1 unspecified atom stereocenters. The van der Waals surface area contributed by atoms with Crippen molar-refractivity contribution in [2.24, 2.45) is 5.73 Å². The van der Waals surface area contributed by atoms with Gasteiger partial charge >= 0.3 is 0 Å². The van der Waals surface area contributed by atoms with E-state index in [0.29, 0.717) is 25.3 Å². The molecule has 0 aliphatic carbocycles. The third-order valence-electron chi connectivity index (χ3n) is 3.27. The second-order valence-corrected chi connectivity index (χ2v) is 5.52. The van der Waals surface area contributed by atoms with Crippen molar-refractivity contribution in [3.8, 4) is 0 Å². The molecule has 1 saturated heterocycles. The minimum absolute atomic E-state index is 0.0723. The minimum Gasteiger partial charge on any atom is -0.382 e. The average molecular weight is 266 g/mol. The van der Waals surface area contributed by atoms with Crippen LogP contribution in [0.4, 0.5) is 5.69 Å². The normalized spacial score (nSPS) is 21.5. The zero-order valence-corrected chi connectivity index (χ0v) is 11.6. The molecule has 0 bridgehead atoms. The molecule has 6 nitrogen and oxygen atoms in total. The maximum atomic E-state index is 11.9. The van der Waals surface area contributed by atoms with Crippen molar-refractivity contribution in [3.05, 3.63) is 22.6 Å². The van der Waals surface area contributed by atoms with Crippen molar-refractivity contribution < 1.29 is 4.74 Å². The van der Waals surface area contributed by atoms with Crippen LogP contribution >= 0.6 is 0 Å². The van der Waals surface area contributed by atoms with Gasteiger partial charge in [0.25, 0.3) is 5.56 Å². The van der Waals surface area contributed by atoms with Gasteiger partial charge in [-0.15, -0.1) is 0 Å². The van der Waals surface area contributed by atoms with E-state index in [9.17, 15) is 4.79 Å². The van der Waals surface area contributed by atoms with E-state index in [4.69, 9.17) is 10.5 Å². The maximum absolute atomic E-state index is 11.9. The van der Waals surface area contributed by atoms with Crippen molar-refractivity contribution >= 4 is 5.69 Å². The number of nitrogens with zero attached hydrogens (tertiary/aromatic N) is 2. The van der Waals surface area contributed by atoms with Gasteiger partial charge in [0.15, 0.2) is 0 Å². The van der Waals surface area contributed by atoms with E-state index < -0.39 is 0 Å². The number of aromatic nitrogens is 2. The monoisotopic (exact) mass is 266 g/mol. The molecule has 1 aromatic rings. The van der Waals surface area contributed by atoms with E-state index in [1.165, 1.54) is 4.68 Å². The Morgan fingerprint density at radius 1 is 1.63 bits per heavy atom. The van der Waals surface area contributed by atoms with Crippen LogP contribution in [0.15, 0.2) is 17.1 Å². The summed E-state index contributed by atoms with van der Waals surface area (Å²) in [6.45, 7) is 5.81. The Bertz CT molecular complexity index is 484. The first-order chi connectivity index (χ1) is 9.00. The lowest BCUT2D eigenvalue weighted by atomic mass is 10.1. The van der Waals surface area contributed by atoms with Crippen LogP contribution in [0.25, 0.3) is 0 Å². The maximum Gasteiger partial charge on any atom is 0.268 e. The lowest BCUT2D eigenvalue weighted by Gasteiger charge is -2.19. The quantitative estimate of drug-likeness (QED) is 0.814. The topological polar surface area (TPSA) is 82.2 Å². The van der Waals surface area contributed by atoms with Crippen molar-refractivity contribution in [3.63, 3.8) is 0 Å². The largest absolute Gasteiger partial charge is 0.382 e. The Kier molecular flexibility index (Phi) is 4.21. The Balaban J connectivity index is 2.00. The number of ether oxygens (including phenoxy) is 1.